The maximum Gasteiger partial charge on any atom is 0.303 e. The largest absolute Gasteiger partial charge is 0.481 e. The normalized spacial score (nSPS) is 9.79. The van der Waals surface area contributed by atoms with Gasteiger partial charge >= 0.3 is 23.9 Å². The van der Waals surface area contributed by atoms with E-state index in [1.54, 1.807) is 0 Å². The summed E-state index contributed by atoms with van der Waals surface area (Å²) in [4.78, 5) is 40.0. The molecule has 10 nitrogen and oxygen atoms in total. The van der Waals surface area contributed by atoms with Crippen molar-refractivity contribution in [3.05, 3.63) is 59.7 Å². The second-order valence-electron chi connectivity index (χ2n) is 8.71. The Balaban J connectivity index is 0.000000554. The SMILES string of the molecule is Nc1ccc(Cc2ccc(N)cc2)cc1.O=C(O)CCCCC(=O)O.O=C(O)CCCCCCCC(=O)O. The third kappa shape index (κ3) is 22.4. The highest BCUT2D eigenvalue weighted by Crippen LogP contribution is 2.13. The fourth-order valence-corrected chi connectivity index (χ4v) is 3.14. The third-order valence-corrected chi connectivity index (χ3v) is 5.18. The molecule has 0 unspecified atom stereocenters. The highest BCUT2D eigenvalue weighted by Gasteiger charge is 2.00. The summed E-state index contributed by atoms with van der Waals surface area (Å²) in [5, 5.41) is 32.9. The zero-order valence-electron chi connectivity index (χ0n) is 21.7. The molecule has 8 N–H and O–H groups in total. The molecule has 2 aromatic rings. The Labute approximate surface area is 223 Å². The van der Waals surface area contributed by atoms with Gasteiger partial charge in [-0.15, -0.1) is 0 Å². The summed E-state index contributed by atoms with van der Waals surface area (Å²) in [7, 11) is 0. The summed E-state index contributed by atoms with van der Waals surface area (Å²) < 4.78 is 0. The summed E-state index contributed by atoms with van der Waals surface area (Å²) in [6, 6.07) is 15.9. The number of nitrogens with two attached hydrogens (primary N) is 2. The number of hydrogen-bond acceptors (Lipinski definition) is 6. The van der Waals surface area contributed by atoms with Crippen LogP contribution >= 0.6 is 0 Å². The second-order valence-corrected chi connectivity index (χ2v) is 8.71. The Morgan fingerprint density at radius 3 is 0.947 bits per heavy atom. The summed E-state index contributed by atoms with van der Waals surface area (Å²) in [5.74, 6) is -3.26. The van der Waals surface area contributed by atoms with Crippen molar-refractivity contribution in [2.24, 2.45) is 0 Å². The van der Waals surface area contributed by atoms with E-state index in [1.807, 2.05) is 48.5 Å². The quantitative estimate of drug-likeness (QED) is 0.133. The maximum atomic E-state index is 10.1. The minimum absolute atomic E-state index is 0.0628. The number of hydrogen-bond donors (Lipinski definition) is 6. The van der Waals surface area contributed by atoms with Crippen molar-refractivity contribution in [1.82, 2.24) is 0 Å². The highest BCUT2D eigenvalue weighted by molar-refractivity contribution is 5.68. The van der Waals surface area contributed by atoms with Crippen molar-refractivity contribution in [1.29, 1.82) is 0 Å². The topological polar surface area (TPSA) is 201 Å². The molecule has 2 rings (SSSR count). The number of anilines is 2. The zero-order valence-corrected chi connectivity index (χ0v) is 21.7. The van der Waals surface area contributed by atoms with Crippen LogP contribution in [0.3, 0.4) is 0 Å². The van der Waals surface area contributed by atoms with Crippen LogP contribution in [-0.4, -0.2) is 44.3 Å². The molecule has 10 heteroatoms. The first-order valence-corrected chi connectivity index (χ1v) is 12.6. The lowest BCUT2D eigenvalue weighted by Crippen LogP contribution is -1.97. The van der Waals surface area contributed by atoms with E-state index in [4.69, 9.17) is 31.9 Å². The van der Waals surface area contributed by atoms with Crippen LogP contribution in [0, 0.1) is 0 Å². The number of unbranched alkanes of at least 4 members (excludes halogenated alkanes) is 5. The van der Waals surface area contributed by atoms with Crippen LogP contribution < -0.4 is 11.5 Å². The summed E-state index contributed by atoms with van der Waals surface area (Å²) >= 11 is 0. The lowest BCUT2D eigenvalue weighted by molar-refractivity contribution is -0.139. The Morgan fingerprint density at radius 2 is 0.684 bits per heavy atom. The molecular formula is C28H40N2O8. The molecule has 210 valence electrons. The van der Waals surface area contributed by atoms with Gasteiger partial charge in [-0.2, -0.15) is 0 Å². The van der Waals surface area contributed by atoms with Gasteiger partial charge in [0, 0.05) is 37.1 Å². The molecular weight excluding hydrogens is 492 g/mol. The van der Waals surface area contributed by atoms with Gasteiger partial charge < -0.3 is 31.9 Å². The molecule has 0 amide bonds. The fraction of sp³-hybridized carbons (Fsp3) is 0.429. The Kier molecular flexibility index (Phi) is 18.8. The minimum atomic E-state index is -0.870. The van der Waals surface area contributed by atoms with Gasteiger partial charge in [0.2, 0.25) is 0 Å². The first-order chi connectivity index (χ1) is 18.0. The zero-order chi connectivity index (χ0) is 28.8. The van der Waals surface area contributed by atoms with Gasteiger partial charge in [0.15, 0.2) is 0 Å². The predicted octanol–water partition coefficient (Wildman–Crippen LogP) is 5.04. The molecule has 0 saturated carbocycles. The molecule has 0 bridgehead atoms. The number of carbonyl (C=O) groups is 4. The molecule has 0 aliphatic heterocycles. The van der Waals surface area contributed by atoms with E-state index >= 15 is 0 Å². The molecule has 38 heavy (non-hydrogen) atoms. The molecule has 0 radical (unpaired) electrons. The Morgan fingerprint density at radius 1 is 0.447 bits per heavy atom. The summed E-state index contributed by atoms with van der Waals surface area (Å²) in [6.07, 6.45) is 6.46. The lowest BCUT2D eigenvalue weighted by atomic mass is 10.0. The molecule has 2 aromatic carbocycles. The number of benzene rings is 2. The minimum Gasteiger partial charge on any atom is -0.481 e. The van der Waals surface area contributed by atoms with Crippen LogP contribution in [0.1, 0.15) is 81.8 Å². The van der Waals surface area contributed by atoms with E-state index in [1.165, 1.54) is 11.1 Å². The molecule has 0 aliphatic carbocycles. The van der Waals surface area contributed by atoms with Gasteiger partial charge in [0.05, 0.1) is 0 Å². The van der Waals surface area contributed by atoms with Gasteiger partial charge in [0.25, 0.3) is 0 Å². The first-order valence-electron chi connectivity index (χ1n) is 12.6. The van der Waals surface area contributed by atoms with Gasteiger partial charge in [-0.25, -0.2) is 0 Å². The number of rotatable bonds is 15. The van der Waals surface area contributed by atoms with Crippen molar-refractivity contribution < 1.29 is 39.6 Å². The van der Waals surface area contributed by atoms with Crippen molar-refractivity contribution in [3.63, 3.8) is 0 Å². The van der Waals surface area contributed by atoms with Crippen molar-refractivity contribution in [3.8, 4) is 0 Å². The molecule has 0 aliphatic rings. The Bertz CT molecular complexity index is 882. The summed E-state index contributed by atoms with van der Waals surface area (Å²) in [5.41, 5.74) is 15.4. The molecule has 0 heterocycles. The monoisotopic (exact) mass is 532 g/mol. The van der Waals surface area contributed by atoms with Crippen LogP contribution in [0.15, 0.2) is 48.5 Å². The average Bonchev–Trinajstić information content (AvgIpc) is 2.84. The van der Waals surface area contributed by atoms with Crippen LogP contribution in [0.25, 0.3) is 0 Å². The molecule has 0 saturated heterocycles. The van der Waals surface area contributed by atoms with E-state index < -0.39 is 23.9 Å². The molecule has 0 spiro atoms. The second kappa shape index (κ2) is 21.0. The van der Waals surface area contributed by atoms with E-state index in [0.717, 1.165) is 37.1 Å². The smallest absolute Gasteiger partial charge is 0.303 e. The van der Waals surface area contributed by atoms with Gasteiger partial charge in [0.1, 0.15) is 0 Å². The van der Waals surface area contributed by atoms with Gasteiger partial charge in [-0.3, -0.25) is 19.2 Å². The van der Waals surface area contributed by atoms with E-state index in [2.05, 4.69) is 0 Å². The molecule has 0 aromatic heterocycles. The van der Waals surface area contributed by atoms with E-state index in [-0.39, 0.29) is 25.7 Å². The van der Waals surface area contributed by atoms with E-state index in [9.17, 15) is 19.2 Å². The molecule has 0 fully saturated rings. The molecule has 0 atom stereocenters. The van der Waals surface area contributed by atoms with Crippen molar-refractivity contribution >= 4 is 35.3 Å². The Hall–Kier alpha value is -4.08. The lowest BCUT2D eigenvalue weighted by Gasteiger charge is -2.02. The first kappa shape index (κ1) is 33.9. The van der Waals surface area contributed by atoms with Gasteiger partial charge in [-0.05, 0) is 67.5 Å². The standard InChI is InChI=1S/C13H14N2.C9H16O4.C6H10O4/c14-12-5-1-10(2-6-12)9-11-3-7-13(15)8-4-11;10-8(11)6-4-2-1-3-5-7-9(12)13;7-5(8)3-1-2-4-6(9)10/h1-8H,9,14-15H2;1-7H2,(H,10,11)(H,12,13);1-4H2,(H,7,8)(H,9,10). The van der Waals surface area contributed by atoms with Crippen molar-refractivity contribution in [2.75, 3.05) is 11.5 Å². The summed E-state index contributed by atoms with van der Waals surface area (Å²) in [6.45, 7) is 0. The highest BCUT2D eigenvalue weighted by atomic mass is 16.4. The predicted molar refractivity (Wildman–Crippen MR) is 146 cm³/mol. The average molecular weight is 533 g/mol. The number of nitrogen functional groups attached to an aromatic ring is 2. The third-order valence-electron chi connectivity index (χ3n) is 5.18. The maximum absolute atomic E-state index is 10.1. The van der Waals surface area contributed by atoms with Gasteiger partial charge in [-0.1, -0.05) is 43.5 Å². The fourth-order valence-electron chi connectivity index (χ4n) is 3.14. The van der Waals surface area contributed by atoms with Crippen LogP contribution in [0.4, 0.5) is 11.4 Å². The number of carboxylic acids is 4. The van der Waals surface area contributed by atoms with E-state index in [0.29, 0.717) is 25.7 Å². The van der Waals surface area contributed by atoms with Crippen LogP contribution in [0.2, 0.25) is 0 Å². The van der Waals surface area contributed by atoms with Crippen molar-refractivity contribution in [2.45, 2.75) is 77.0 Å². The number of carboxylic acid groups (broad SMARTS) is 4. The van der Waals surface area contributed by atoms with Crippen LogP contribution in [0.5, 0.6) is 0 Å². The van der Waals surface area contributed by atoms with Crippen LogP contribution in [-0.2, 0) is 25.6 Å². The number of aliphatic carboxylic acids is 4.